The Balaban J connectivity index is 0.000000945. The maximum atomic E-state index is 12.6. The first-order valence-corrected chi connectivity index (χ1v) is 11.2. The molecule has 180 valence electrons. The Bertz CT molecular complexity index is 1040. The summed E-state index contributed by atoms with van der Waals surface area (Å²) in [6.07, 6.45) is 1.92. The second-order valence-electron chi connectivity index (χ2n) is 7.95. The zero-order valence-electron chi connectivity index (χ0n) is 19.8. The molecule has 0 aliphatic heterocycles. The number of ether oxygens (including phenoxy) is 1. The van der Waals surface area contributed by atoms with Crippen LogP contribution in [0.2, 0.25) is 0 Å². The van der Waals surface area contributed by atoms with E-state index in [1.807, 2.05) is 68.4 Å². The van der Waals surface area contributed by atoms with Gasteiger partial charge in [-0.1, -0.05) is 61.5 Å². The van der Waals surface area contributed by atoms with Crippen LogP contribution in [0.15, 0.2) is 66.7 Å². The van der Waals surface area contributed by atoms with E-state index in [9.17, 15) is 14.4 Å². The van der Waals surface area contributed by atoms with Gasteiger partial charge in [-0.3, -0.25) is 4.79 Å². The summed E-state index contributed by atoms with van der Waals surface area (Å²) in [7, 11) is 1.68. The van der Waals surface area contributed by atoms with Crippen molar-refractivity contribution in [2.75, 3.05) is 13.7 Å². The molecule has 0 fully saturated rings. The molecule has 3 aromatic rings. The van der Waals surface area contributed by atoms with Crippen molar-refractivity contribution in [2.24, 2.45) is 5.92 Å². The van der Waals surface area contributed by atoms with E-state index in [1.165, 1.54) is 12.1 Å². The van der Waals surface area contributed by atoms with Crippen molar-refractivity contribution >= 4 is 18.2 Å². The minimum absolute atomic E-state index is 0.0468. The highest BCUT2D eigenvalue weighted by atomic mass is 16.5. The fraction of sp³-hybridized carbons (Fsp3) is 0.296. The second-order valence-corrected chi connectivity index (χ2v) is 7.95. The highest BCUT2D eigenvalue weighted by Gasteiger charge is 2.19. The number of nitrogens with one attached hydrogen (secondary N) is 2. The fourth-order valence-electron chi connectivity index (χ4n) is 3.36. The summed E-state index contributed by atoms with van der Waals surface area (Å²) in [5, 5.41) is 11.9. The maximum Gasteiger partial charge on any atom is 0.352 e. The number of benzene rings is 2. The van der Waals surface area contributed by atoms with Gasteiger partial charge in [0.1, 0.15) is 17.7 Å². The number of methoxy groups -OCH3 is 1. The van der Waals surface area contributed by atoms with E-state index in [-0.39, 0.29) is 23.3 Å². The van der Waals surface area contributed by atoms with Gasteiger partial charge in [0.2, 0.25) is 0 Å². The van der Waals surface area contributed by atoms with Gasteiger partial charge >= 0.3 is 5.97 Å². The largest absolute Gasteiger partial charge is 0.477 e. The first-order valence-electron chi connectivity index (χ1n) is 11.2. The van der Waals surface area contributed by atoms with Crippen LogP contribution < -0.4 is 5.32 Å². The Morgan fingerprint density at radius 1 is 1.00 bits per heavy atom. The molecule has 0 unspecified atom stereocenters. The van der Waals surface area contributed by atoms with Crippen LogP contribution in [-0.2, 0) is 16.0 Å². The van der Waals surface area contributed by atoms with E-state index >= 15 is 0 Å². The number of carboxylic acids is 1. The molecule has 0 radical (unpaired) electrons. The summed E-state index contributed by atoms with van der Waals surface area (Å²) < 4.78 is 4.54. The Kier molecular flexibility index (Phi) is 10.7. The van der Waals surface area contributed by atoms with Crippen LogP contribution in [0.4, 0.5) is 0 Å². The zero-order valence-corrected chi connectivity index (χ0v) is 19.8. The number of carbonyl (C=O) groups excluding carboxylic acids is 2. The number of aldehydes is 1. The summed E-state index contributed by atoms with van der Waals surface area (Å²) >= 11 is 0. The third kappa shape index (κ3) is 8.33. The molecule has 0 aliphatic carbocycles. The van der Waals surface area contributed by atoms with E-state index < -0.39 is 11.9 Å². The molecule has 7 nitrogen and oxygen atoms in total. The molecule has 0 saturated carbocycles. The van der Waals surface area contributed by atoms with Crippen molar-refractivity contribution in [3.8, 4) is 11.1 Å². The van der Waals surface area contributed by atoms with E-state index in [2.05, 4.69) is 15.0 Å². The highest BCUT2D eigenvalue weighted by molar-refractivity contribution is 5.95. The van der Waals surface area contributed by atoms with Crippen LogP contribution in [0.1, 0.15) is 46.8 Å². The Morgan fingerprint density at radius 2 is 1.59 bits per heavy atom. The van der Waals surface area contributed by atoms with E-state index in [0.717, 1.165) is 29.6 Å². The van der Waals surface area contributed by atoms with E-state index in [0.29, 0.717) is 12.8 Å². The summed E-state index contributed by atoms with van der Waals surface area (Å²) in [4.78, 5) is 37.3. The van der Waals surface area contributed by atoms with Gasteiger partial charge in [0.15, 0.2) is 0 Å². The normalized spacial score (nSPS) is 12.1. The van der Waals surface area contributed by atoms with Crippen LogP contribution in [0, 0.1) is 5.92 Å². The number of hydrogen-bond acceptors (Lipinski definition) is 4. The summed E-state index contributed by atoms with van der Waals surface area (Å²) in [6, 6.07) is 20.7. The lowest BCUT2D eigenvalue weighted by Gasteiger charge is -2.20. The van der Waals surface area contributed by atoms with Crippen molar-refractivity contribution in [1.29, 1.82) is 0 Å². The molecule has 2 atom stereocenters. The third-order valence-corrected chi connectivity index (χ3v) is 5.22. The number of H-pyrrole nitrogens is 1. The Labute approximate surface area is 200 Å². The van der Waals surface area contributed by atoms with Crippen molar-refractivity contribution in [2.45, 2.75) is 32.7 Å². The minimum Gasteiger partial charge on any atom is -0.477 e. The van der Waals surface area contributed by atoms with Crippen LogP contribution in [0.5, 0.6) is 0 Å². The van der Waals surface area contributed by atoms with Crippen LogP contribution in [0.25, 0.3) is 11.1 Å². The predicted molar refractivity (Wildman–Crippen MR) is 132 cm³/mol. The molecule has 1 amide bonds. The molecular weight excluding hydrogens is 432 g/mol. The molecular formula is C27H32N2O5. The van der Waals surface area contributed by atoms with Crippen LogP contribution in [0.3, 0.4) is 0 Å². The first-order chi connectivity index (χ1) is 16.4. The summed E-state index contributed by atoms with van der Waals surface area (Å²) in [5.74, 6) is -1.73. The van der Waals surface area contributed by atoms with Gasteiger partial charge < -0.3 is 24.9 Å². The van der Waals surface area contributed by atoms with Gasteiger partial charge in [-0.2, -0.15) is 0 Å². The van der Waals surface area contributed by atoms with Crippen molar-refractivity contribution < 1.29 is 24.2 Å². The molecule has 0 bridgehead atoms. The molecule has 0 aliphatic rings. The van der Waals surface area contributed by atoms with Crippen molar-refractivity contribution in [3.63, 3.8) is 0 Å². The molecule has 1 heterocycles. The topological polar surface area (TPSA) is 108 Å². The molecule has 3 N–H and O–H groups in total. The van der Waals surface area contributed by atoms with Crippen molar-refractivity contribution in [1.82, 2.24) is 10.3 Å². The lowest BCUT2D eigenvalue weighted by Crippen LogP contribution is -2.38. The number of aromatic nitrogens is 1. The van der Waals surface area contributed by atoms with E-state index in [1.54, 1.807) is 7.11 Å². The highest BCUT2D eigenvalue weighted by Crippen LogP contribution is 2.20. The maximum absolute atomic E-state index is 12.6. The second kappa shape index (κ2) is 13.7. The fourth-order valence-corrected chi connectivity index (χ4v) is 3.36. The molecule has 1 aromatic heterocycles. The SMILES string of the molecule is CCOC.C[C@@H](C=O)C[C@@H](Cc1ccc(-c2ccccc2)cc1)NC(=O)c1ccc(C(=O)O)[nH]1. The number of rotatable bonds is 10. The summed E-state index contributed by atoms with van der Waals surface area (Å²) in [5.41, 5.74) is 3.40. The minimum atomic E-state index is -1.13. The molecule has 0 spiro atoms. The Hall–Kier alpha value is -3.71. The average Bonchev–Trinajstić information content (AvgIpc) is 3.36. The number of aromatic amines is 1. The number of carbonyl (C=O) groups is 3. The number of aromatic carboxylic acids is 1. The molecule has 0 saturated heterocycles. The molecule has 2 aromatic carbocycles. The number of carboxylic acid groups (broad SMARTS) is 1. The predicted octanol–water partition coefficient (Wildman–Crippen LogP) is 4.60. The van der Waals surface area contributed by atoms with Gasteiger partial charge in [-0.25, -0.2) is 4.79 Å². The monoisotopic (exact) mass is 464 g/mol. The average molecular weight is 465 g/mol. The van der Waals surface area contributed by atoms with Gasteiger partial charge in [-0.15, -0.1) is 0 Å². The number of hydrogen-bond donors (Lipinski definition) is 3. The number of amides is 1. The van der Waals surface area contributed by atoms with Gasteiger partial charge in [0.25, 0.3) is 5.91 Å². The quantitative estimate of drug-likeness (QED) is 0.380. The third-order valence-electron chi connectivity index (χ3n) is 5.22. The summed E-state index contributed by atoms with van der Waals surface area (Å²) in [6.45, 7) is 4.59. The van der Waals surface area contributed by atoms with Gasteiger partial charge in [0.05, 0.1) is 0 Å². The van der Waals surface area contributed by atoms with E-state index in [4.69, 9.17) is 5.11 Å². The Morgan fingerprint density at radius 3 is 2.12 bits per heavy atom. The standard InChI is InChI=1S/C24H24N2O4.C3H8O/c1-16(15-27)13-20(25-23(28)21-11-12-22(26-21)24(29)30)14-17-7-9-19(10-8-17)18-5-3-2-4-6-18;1-3-4-2/h2-12,15-16,20,26H,13-14H2,1H3,(H,25,28)(H,29,30);3H2,1-2H3/t16-,20+;/m1./s1. The lowest BCUT2D eigenvalue weighted by atomic mass is 9.95. The zero-order chi connectivity index (χ0) is 24.9. The van der Waals surface area contributed by atoms with Crippen LogP contribution >= 0.6 is 0 Å². The lowest BCUT2D eigenvalue weighted by molar-refractivity contribution is -0.111. The first kappa shape index (κ1) is 26.5. The molecule has 34 heavy (non-hydrogen) atoms. The van der Waals surface area contributed by atoms with Crippen molar-refractivity contribution in [3.05, 3.63) is 83.7 Å². The van der Waals surface area contributed by atoms with Gasteiger partial charge in [0, 0.05) is 25.7 Å². The molecule has 3 rings (SSSR count). The molecule has 7 heteroatoms. The van der Waals surface area contributed by atoms with Crippen LogP contribution in [-0.4, -0.2) is 48.0 Å². The van der Waals surface area contributed by atoms with Gasteiger partial charge in [-0.05, 0) is 48.6 Å². The smallest absolute Gasteiger partial charge is 0.352 e.